The van der Waals surface area contributed by atoms with Gasteiger partial charge in [0, 0.05) is 16.2 Å². The lowest BCUT2D eigenvalue weighted by atomic mass is 10.0. The third-order valence-corrected chi connectivity index (χ3v) is 4.14. The largest absolute Gasteiger partial charge is 0.497 e. The molecule has 0 spiro atoms. The van der Waals surface area contributed by atoms with E-state index in [1.807, 2.05) is 12.1 Å². The molecule has 1 unspecified atom stereocenters. The monoisotopic (exact) mass is 331 g/mol. The number of methoxy groups -OCH3 is 1. The third-order valence-electron chi connectivity index (χ3n) is 3.68. The van der Waals surface area contributed by atoms with Crippen molar-refractivity contribution >= 4 is 21.6 Å². The first-order valence-electron chi connectivity index (χ1n) is 6.92. The van der Waals surface area contributed by atoms with Crippen molar-refractivity contribution in [1.29, 1.82) is 0 Å². The summed E-state index contributed by atoms with van der Waals surface area (Å²) in [5.74, 6) is 1.60. The highest BCUT2D eigenvalue weighted by molar-refractivity contribution is 9.10. The van der Waals surface area contributed by atoms with Crippen LogP contribution < -0.4 is 10.1 Å². The summed E-state index contributed by atoms with van der Waals surface area (Å²) in [6.07, 6.45) is 2.61. The minimum absolute atomic E-state index is 0.384. The van der Waals surface area contributed by atoms with Gasteiger partial charge in [-0.1, -0.05) is 46.3 Å². The highest BCUT2D eigenvalue weighted by Crippen LogP contribution is 2.43. The highest BCUT2D eigenvalue weighted by atomic mass is 79.9. The van der Waals surface area contributed by atoms with Crippen LogP contribution in [-0.4, -0.2) is 7.11 Å². The van der Waals surface area contributed by atoms with Gasteiger partial charge in [0.2, 0.25) is 0 Å². The van der Waals surface area contributed by atoms with E-state index in [0.717, 1.165) is 21.8 Å². The molecule has 104 valence electrons. The van der Waals surface area contributed by atoms with E-state index in [0.29, 0.717) is 6.04 Å². The zero-order valence-corrected chi connectivity index (χ0v) is 13.1. The molecule has 0 saturated heterocycles. The number of hydrogen-bond donors (Lipinski definition) is 1. The van der Waals surface area contributed by atoms with Crippen LogP contribution in [0.15, 0.2) is 53.0 Å². The lowest BCUT2D eigenvalue weighted by molar-refractivity contribution is 0.414. The summed E-state index contributed by atoms with van der Waals surface area (Å²) in [7, 11) is 1.70. The van der Waals surface area contributed by atoms with Crippen molar-refractivity contribution in [2.24, 2.45) is 5.92 Å². The molecule has 1 saturated carbocycles. The second kappa shape index (κ2) is 5.88. The number of halogens is 1. The molecule has 1 fully saturated rings. The van der Waals surface area contributed by atoms with Gasteiger partial charge in [0.05, 0.1) is 13.2 Å². The standard InChI is InChI=1S/C17H18BrNO/c1-20-16-10-14(18)9-15(11-16)19-17(13-7-8-13)12-5-3-2-4-6-12/h2-6,9-11,13,17,19H,7-8H2,1H3. The van der Waals surface area contributed by atoms with Gasteiger partial charge < -0.3 is 10.1 Å². The molecular formula is C17H18BrNO. The van der Waals surface area contributed by atoms with Crippen molar-refractivity contribution in [3.63, 3.8) is 0 Å². The predicted molar refractivity (Wildman–Crippen MR) is 86.2 cm³/mol. The molecule has 2 aromatic rings. The summed E-state index contributed by atoms with van der Waals surface area (Å²) in [6, 6.07) is 17.2. The highest BCUT2D eigenvalue weighted by Gasteiger charge is 2.32. The molecular weight excluding hydrogens is 314 g/mol. The van der Waals surface area contributed by atoms with Crippen LogP contribution in [0.2, 0.25) is 0 Å². The Labute approximate surface area is 128 Å². The third kappa shape index (κ3) is 3.15. The summed E-state index contributed by atoms with van der Waals surface area (Å²) in [4.78, 5) is 0. The fourth-order valence-corrected chi connectivity index (χ4v) is 2.98. The molecule has 3 rings (SSSR count). The Morgan fingerprint density at radius 2 is 1.90 bits per heavy atom. The first-order chi connectivity index (χ1) is 9.76. The van der Waals surface area contributed by atoms with Gasteiger partial charge in [-0.05, 0) is 36.5 Å². The number of hydrogen-bond acceptors (Lipinski definition) is 2. The second-order valence-electron chi connectivity index (χ2n) is 5.25. The maximum atomic E-state index is 5.33. The molecule has 0 heterocycles. The normalized spacial score (nSPS) is 15.7. The van der Waals surface area contributed by atoms with E-state index in [1.54, 1.807) is 7.11 Å². The predicted octanol–water partition coefficient (Wildman–Crippen LogP) is 5.02. The van der Waals surface area contributed by atoms with E-state index in [1.165, 1.54) is 18.4 Å². The van der Waals surface area contributed by atoms with E-state index in [-0.39, 0.29) is 0 Å². The van der Waals surface area contributed by atoms with E-state index < -0.39 is 0 Å². The second-order valence-corrected chi connectivity index (χ2v) is 6.17. The molecule has 3 heteroatoms. The first-order valence-corrected chi connectivity index (χ1v) is 7.71. The number of benzene rings is 2. The molecule has 1 aliphatic rings. The van der Waals surface area contributed by atoms with Gasteiger partial charge in [-0.3, -0.25) is 0 Å². The zero-order valence-electron chi connectivity index (χ0n) is 11.5. The van der Waals surface area contributed by atoms with Crippen molar-refractivity contribution in [3.05, 3.63) is 58.6 Å². The lowest BCUT2D eigenvalue weighted by Gasteiger charge is -2.20. The van der Waals surface area contributed by atoms with Crippen molar-refractivity contribution in [2.75, 3.05) is 12.4 Å². The van der Waals surface area contributed by atoms with Crippen LogP contribution in [0.3, 0.4) is 0 Å². The van der Waals surface area contributed by atoms with Crippen LogP contribution in [0.1, 0.15) is 24.4 Å². The Hall–Kier alpha value is -1.48. The lowest BCUT2D eigenvalue weighted by Crippen LogP contribution is -2.12. The van der Waals surface area contributed by atoms with Gasteiger partial charge in [-0.15, -0.1) is 0 Å². The number of rotatable bonds is 5. The van der Waals surface area contributed by atoms with Crippen molar-refractivity contribution in [1.82, 2.24) is 0 Å². The maximum absolute atomic E-state index is 5.33. The van der Waals surface area contributed by atoms with E-state index >= 15 is 0 Å². The van der Waals surface area contributed by atoms with Crippen LogP contribution in [-0.2, 0) is 0 Å². The van der Waals surface area contributed by atoms with Crippen molar-refractivity contribution in [3.8, 4) is 5.75 Å². The van der Waals surface area contributed by atoms with Gasteiger partial charge in [-0.25, -0.2) is 0 Å². The average molecular weight is 332 g/mol. The Morgan fingerprint density at radius 3 is 2.55 bits per heavy atom. The van der Waals surface area contributed by atoms with Crippen LogP contribution in [0, 0.1) is 5.92 Å². The topological polar surface area (TPSA) is 21.3 Å². The fraction of sp³-hybridized carbons (Fsp3) is 0.294. The van der Waals surface area contributed by atoms with Gasteiger partial charge >= 0.3 is 0 Å². The molecule has 0 bridgehead atoms. The van der Waals surface area contributed by atoms with E-state index in [9.17, 15) is 0 Å². The molecule has 0 aromatic heterocycles. The average Bonchev–Trinajstić information content (AvgIpc) is 3.29. The molecule has 0 aliphatic heterocycles. The smallest absolute Gasteiger partial charge is 0.122 e. The Kier molecular flexibility index (Phi) is 3.97. The van der Waals surface area contributed by atoms with Crippen LogP contribution in [0.25, 0.3) is 0 Å². The molecule has 1 aliphatic carbocycles. The Balaban J connectivity index is 1.85. The van der Waals surface area contributed by atoms with Crippen molar-refractivity contribution < 1.29 is 4.74 Å². The molecule has 1 atom stereocenters. The quantitative estimate of drug-likeness (QED) is 0.830. The maximum Gasteiger partial charge on any atom is 0.122 e. The zero-order chi connectivity index (χ0) is 13.9. The fourth-order valence-electron chi connectivity index (χ4n) is 2.51. The Morgan fingerprint density at radius 1 is 1.15 bits per heavy atom. The van der Waals surface area contributed by atoms with Crippen LogP contribution in [0.4, 0.5) is 5.69 Å². The molecule has 0 amide bonds. The SMILES string of the molecule is COc1cc(Br)cc(NC(c2ccccc2)C2CC2)c1. The summed E-state index contributed by atoms with van der Waals surface area (Å²) in [6.45, 7) is 0. The first kappa shape index (κ1) is 13.5. The van der Waals surface area contributed by atoms with E-state index in [4.69, 9.17) is 4.74 Å². The van der Waals surface area contributed by atoms with Crippen LogP contribution >= 0.6 is 15.9 Å². The summed E-state index contributed by atoms with van der Waals surface area (Å²) < 4.78 is 6.36. The minimum atomic E-state index is 0.384. The number of anilines is 1. The number of ether oxygens (including phenoxy) is 1. The molecule has 0 radical (unpaired) electrons. The van der Waals surface area contributed by atoms with Crippen molar-refractivity contribution in [2.45, 2.75) is 18.9 Å². The summed E-state index contributed by atoms with van der Waals surface area (Å²) in [5.41, 5.74) is 2.45. The minimum Gasteiger partial charge on any atom is -0.497 e. The molecule has 1 N–H and O–H groups in total. The van der Waals surface area contributed by atoms with E-state index in [2.05, 4.69) is 57.6 Å². The van der Waals surface area contributed by atoms with Gasteiger partial charge in [-0.2, -0.15) is 0 Å². The molecule has 2 aromatic carbocycles. The summed E-state index contributed by atoms with van der Waals surface area (Å²) in [5, 5.41) is 3.66. The van der Waals surface area contributed by atoms with Gasteiger partial charge in [0.15, 0.2) is 0 Å². The van der Waals surface area contributed by atoms with Gasteiger partial charge in [0.1, 0.15) is 5.75 Å². The van der Waals surface area contributed by atoms with Crippen LogP contribution in [0.5, 0.6) is 5.75 Å². The molecule has 20 heavy (non-hydrogen) atoms. The Bertz CT molecular complexity index is 581. The van der Waals surface area contributed by atoms with Gasteiger partial charge in [0.25, 0.3) is 0 Å². The molecule has 2 nitrogen and oxygen atoms in total. The number of nitrogens with one attached hydrogen (secondary N) is 1. The summed E-state index contributed by atoms with van der Waals surface area (Å²) >= 11 is 3.53.